The number of esters is 1. The number of ether oxygens (including phenoxy) is 1. The van der Waals surface area contributed by atoms with Crippen molar-refractivity contribution in [1.29, 1.82) is 0 Å². The molecule has 9 heteroatoms. The van der Waals surface area contributed by atoms with Gasteiger partial charge in [-0.3, -0.25) is 14.5 Å². The van der Waals surface area contributed by atoms with Crippen LogP contribution in [0.1, 0.15) is 75.2 Å². The van der Waals surface area contributed by atoms with Gasteiger partial charge in [-0.15, -0.1) is 0 Å². The highest BCUT2D eigenvalue weighted by Gasteiger charge is 2.36. The van der Waals surface area contributed by atoms with Crippen LogP contribution in [0, 0.1) is 11.3 Å². The Morgan fingerprint density at radius 2 is 1.68 bits per heavy atom. The van der Waals surface area contributed by atoms with E-state index in [0.29, 0.717) is 16.9 Å². The molecule has 1 heterocycles. The van der Waals surface area contributed by atoms with E-state index in [1.165, 1.54) is 23.1 Å². The summed E-state index contributed by atoms with van der Waals surface area (Å²) in [4.78, 5) is 53.7. The number of nitrogens with one attached hydrogen (secondary N) is 1. The summed E-state index contributed by atoms with van der Waals surface area (Å²) >= 11 is 0. The van der Waals surface area contributed by atoms with Crippen LogP contribution in [0.25, 0.3) is 0 Å². The first kappa shape index (κ1) is 29.0. The number of benzene rings is 2. The van der Waals surface area contributed by atoms with Crippen molar-refractivity contribution in [3.05, 3.63) is 59.7 Å². The summed E-state index contributed by atoms with van der Waals surface area (Å²) in [6.07, 6.45) is 6.36. The highest BCUT2D eigenvalue weighted by Crippen LogP contribution is 2.34. The van der Waals surface area contributed by atoms with E-state index in [1.807, 2.05) is 45.0 Å². The maximum atomic E-state index is 14.0. The lowest BCUT2D eigenvalue weighted by atomic mass is 9.88. The first-order valence-corrected chi connectivity index (χ1v) is 13.9. The fraction of sp³-hybridized carbons (Fsp3) is 0.452. The molecule has 0 unspecified atom stereocenters. The van der Waals surface area contributed by atoms with Crippen LogP contribution in [0.2, 0.25) is 0 Å². The van der Waals surface area contributed by atoms with E-state index in [2.05, 4.69) is 5.32 Å². The third-order valence-electron chi connectivity index (χ3n) is 7.39. The van der Waals surface area contributed by atoms with Crippen LogP contribution >= 0.6 is 0 Å². The topological polar surface area (TPSA) is 108 Å². The molecule has 0 atom stereocenters. The summed E-state index contributed by atoms with van der Waals surface area (Å²) in [5.41, 5.74) is 2.25. The molecule has 3 amide bonds. The van der Waals surface area contributed by atoms with Crippen molar-refractivity contribution in [1.82, 2.24) is 5.01 Å². The summed E-state index contributed by atoms with van der Waals surface area (Å²) in [6.45, 7) is 4.98. The summed E-state index contributed by atoms with van der Waals surface area (Å²) < 4.78 is 4.77. The zero-order valence-electron chi connectivity index (χ0n) is 23.7. The van der Waals surface area contributed by atoms with Gasteiger partial charge in [0.15, 0.2) is 5.78 Å². The molecule has 40 heavy (non-hydrogen) atoms. The number of hydrogen-bond donors (Lipinski definition) is 1. The molecule has 2 aromatic rings. The molecule has 0 bridgehead atoms. The molecule has 0 spiro atoms. The first-order valence-electron chi connectivity index (χ1n) is 13.9. The number of hydrazone groups is 1. The fourth-order valence-electron chi connectivity index (χ4n) is 5.06. The molecule has 2 aliphatic rings. The van der Waals surface area contributed by atoms with Crippen molar-refractivity contribution in [2.75, 3.05) is 30.4 Å². The van der Waals surface area contributed by atoms with Gasteiger partial charge in [0.2, 0.25) is 5.91 Å². The van der Waals surface area contributed by atoms with Crippen LogP contribution in [0.4, 0.5) is 16.2 Å². The predicted octanol–water partition coefficient (Wildman–Crippen LogP) is 5.64. The normalized spacial score (nSPS) is 16.4. The maximum Gasteiger partial charge on any atom is 0.345 e. The zero-order valence-corrected chi connectivity index (χ0v) is 23.7. The van der Waals surface area contributed by atoms with Gasteiger partial charge in [0.25, 0.3) is 0 Å². The van der Waals surface area contributed by atoms with Crippen LogP contribution < -0.4 is 10.2 Å². The Morgan fingerprint density at radius 1 is 0.975 bits per heavy atom. The Labute approximate surface area is 235 Å². The van der Waals surface area contributed by atoms with Gasteiger partial charge in [0.1, 0.15) is 6.54 Å². The largest absolute Gasteiger partial charge is 0.465 e. The lowest BCUT2D eigenvalue weighted by Crippen LogP contribution is -2.47. The molecule has 212 valence electrons. The lowest BCUT2D eigenvalue weighted by Gasteiger charge is -2.28. The summed E-state index contributed by atoms with van der Waals surface area (Å²) in [5, 5.41) is 8.77. The molecule has 0 radical (unpaired) electrons. The van der Waals surface area contributed by atoms with E-state index >= 15 is 0 Å². The predicted molar refractivity (Wildman–Crippen MR) is 154 cm³/mol. The Balaban J connectivity index is 1.69. The van der Waals surface area contributed by atoms with Gasteiger partial charge in [-0.2, -0.15) is 5.10 Å². The van der Waals surface area contributed by atoms with Crippen molar-refractivity contribution >= 4 is 40.8 Å². The number of Topliss-reactive ketones (excluding diaryl/α,β-unsaturated/α-hetero) is 1. The van der Waals surface area contributed by atoms with Gasteiger partial charge < -0.3 is 10.1 Å². The minimum Gasteiger partial charge on any atom is -0.465 e. The number of amides is 3. The molecule has 0 aromatic heterocycles. The second kappa shape index (κ2) is 12.4. The van der Waals surface area contributed by atoms with Gasteiger partial charge >= 0.3 is 12.0 Å². The average molecular weight is 547 g/mol. The van der Waals surface area contributed by atoms with Gasteiger partial charge in [0, 0.05) is 22.6 Å². The van der Waals surface area contributed by atoms with Crippen LogP contribution in [-0.4, -0.2) is 54.6 Å². The summed E-state index contributed by atoms with van der Waals surface area (Å²) in [5.74, 6) is -0.963. The molecule has 4 rings (SSSR count). The minimum atomic E-state index is -0.653. The third kappa shape index (κ3) is 6.76. The number of para-hydroxylation sites is 1. The molecule has 1 aliphatic carbocycles. The Morgan fingerprint density at radius 3 is 2.35 bits per heavy atom. The summed E-state index contributed by atoms with van der Waals surface area (Å²) in [6, 6.07) is 13.4. The molecule has 0 saturated heterocycles. The van der Waals surface area contributed by atoms with E-state index in [4.69, 9.17) is 9.84 Å². The van der Waals surface area contributed by atoms with E-state index in [1.54, 1.807) is 18.2 Å². The zero-order chi connectivity index (χ0) is 28.9. The molecule has 1 N–H and O–H groups in total. The number of anilines is 2. The standard InChI is InChI=1S/C31H38N4O5/c1-31(2,3)26(36)19-34-25-17-10-9-16-24(25)28(21-12-7-5-6-8-13-21)33-35(30(34)39)20-27(37)32-23-15-11-14-22(18-23)29(38)40-4/h9-11,14-18,21H,5-8,12-13,19-20H2,1-4H3,(H,32,37). The van der Waals surface area contributed by atoms with Gasteiger partial charge in [-0.05, 0) is 37.1 Å². The number of fused-ring (bicyclic) bond motifs is 1. The van der Waals surface area contributed by atoms with Crippen molar-refractivity contribution in [3.8, 4) is 0 Å². The number of carbonyl (C=O) groups is 4. The lowest BCUT2D eigenvalue weighted by molar-refractivity contribution is -0.124. The average Bonchev–Trinajstić information content (AvgIpc) is 3.26. The number of ketones is 1. The second-order valence-electron chi connectivity index (χ2n) is 11.4. The molecule has 9 nitrogen and oxygen atoms in total. The highest BCUT2D eigenvalue weighted by atomic mass is 16.5. The SMILES string of the molecule is COC(=O)c1cccc(NC(=O)CN2N=C(C3CCCCCC3)c3ccccc3N(CC(=O)C(C)(C)C)C2=O)c1. The summed E-state index contributed by atoms with van der Waals surface area (Å²) in [7, 11) is 1.29. The van der Waals surface area contributed by atoms with Crippen molar-refractivity contribution in [2.24, 2.45) is 16.4 Å². The van der Waals surface area contributed by atoms with Gasteiger partial charge in [0.05, 0.1) is 30.6 Å². The molecule has 1 aliphatic heterocycles. The van der Waals surface area contributed by atoms with Gasteiger partial charge in [-0.25, -0.2) is 14.6 Å². The number of hydrogen-bond acceptors (Lipinski definition) is 6. The molecule has 1 fully saturated rings. The van der Waals surface area contributed by atoms with E-state index < -0.39 is 23.3 Å². The van der Waals surface area contributed by atoms with Crippen LogP contribution in [0.15, 0.2) is 53.6 Å². The Hall–Kier alpha value is -4.01. The molecule has 2 aromatic carbocycles. The molecular formula is C31H38N4O5. The Kier molecular flexibility index (Phi) is 9.02. The van der Waals surface area contributed by atoms with Crippen LogP contribution in [0.5, 0.6) is 0 Å². The van der Waals surface area contributed by atoms with E-state index in [-0.39, 0.29) is 24.8 Å². The number of carbonyl (C=O) groups excluding carboxylic acids is 4. The molecular weight excluding hydrogens is 508 g/mol. The van der Waals surface area contributed by atoms with Crippen molar-refractivity contribution in [3.63, 3.8) is 0 Å². The molecule has 1 saturated carbocycles. The van der Waals surface area contributed by atoms with Gasteiger partial charge in [-0.1, -0.05) is 70.7 Å². The Bertz CT molecular complexity index is 1300. The second-order valence-corrected chi connectivity index (χ2v) is 11.4. The van der Waals surface area contributed by atoms with Crippen LogP contribution in [0.3, 0.4) is 0 Å². The van der Waals surface area contributed by atoms with E-state index in [0.717, 1.165) is 49.8 Å². The van der Waals surface area contributed by atoms with Crippen molar-refractivity contribution < 1.29 is 23.9 Å². The van der Waals surface area contributed by atoms with Crippen molar-refractivity contribution in [2.45, 2.75) is 59.3 Å². The smallest absolute Gasteiger partial charge is 0.345 e. The number of methoxy groups -OCH3 is 1. The number of rotatable bonds is 7. The number of urea groups is 1. The highest BCUT2D eigenvalue weighted by molar-refractivity contribution is 6.13. The number of nitrogens with zero attached hydrogens (tertiary/aromatic N) is 3. The fourth-order valence-corrected chi connectivity index (χ4v) is 5.06. The monoisotopic (exact) mass is 546 g/mol. The first-order chi connectivity index (χ1) is 19.1. The minimum absolute atomic E-state index is 0.0994. The third-order valence-corrected chi connectivity index (χ3v) is 7.39. The van der Waals surface area contributed by atoms with E-state index in [9.17, 15) is 19.2 Å². The van der Waals surface area contributed by atoms with Crippen LogP contribution in [-0.2, 0) is 14.3 Å². The quantitative estimate of drug-likeness (QED) is 0.357. The maximum absolute atomic E-state index is 14.0.